The van der Waals surface area contributed by atoms with Gasteiger partial charge in [0, 0.05) is 6.42 Å². The molecule has 1 aromatic carbocycles. The Bertz CT molecular complexity index is 667. The van der Waals surface area contributed by atoms with Gasteiger partial charge in [-0.25, -0.2) is 9.59 Å². The van der Waals surface area contributed by atoms with Gasteiger partial charge in [-0.2, -0.15) is 0 Å². The van der Waals surface area contributed by atoms with Gasteiger partial charge in [-0.3, -0.25) is 4.99 Å². The highest BCUT2D eigenvalue weighted by atomic mass is 16.6. The summed E-state index contributed by atoms with van der Waals surface area (Å²) in [7, 11) is 1.28. The molecule has 2 unspecified atom stereocenters. The zero-order valence-corrected chi connectivity index (χ0v) is 15.0. The van der Waals surface area contributed by atoms with Crippen LogP contribution in [0.5, 0.6) is 0 Å². The fourth-order valence-electron chi connectivity index (χ4n) is 2.80. The normalized spacial score (nSPS) is 22.8. The molecule has 0 bridgehead atoms. The third kappa shape index (κ3) is 3.82. The molecular weight excluding hydrogens is 322 g/mol. The Hall–Kier alpha value is -2.41. The van der Waals surface area contributed by atoms with Gasteiger partial charge in [0.15, 0.2) is 11.6 Å². The Labute approximate surface area is 147 Å². The molecule has 1 heterocycles. The summed E-state index contributed by atoms with van der Waals surface area (Å²) in [5.74, 6) is -0.723. The standard InChI is InChI=1S/C18H25N3O4/c1-17(2,3)25-15(22)14-18(16(23)24-4,12-8-6-5-7-9-12)21-13(20-14)10-11-19/h5-9,14H,10-11,19H2,1-4H3,(H,20,21). The molecule has 136 valence electrons. The summed E-state index contributed by atoms with van der Waals surface area (Å²) < 4.78 is 10.5. The minimum Gasteiger partial charge on any atom is -0.467 e. The first-order valence-corrected chi connectivity index (χ1v) is 8.16. The highest BCUT2D eigenvalue weighted by Gasteiger charge is 2.57. The molecule has 3 N–H and O–H groups in total. The van der Waals surface area contributed by atoms with E-state index in [0.29, 0.717) is 24.4 Å². The van der Waals surface area contributed by atoms with Gasteiger partial charge in [0.1, 0.15) is 5.60 Å². The Morgan fingerprint density at radius 2 is 1.92 bits per heavy atom. The van der Waals surface area contributed by atoms with Crippen LogP contribution >= 0.6 is 0 Å². The van der Waals surface area contributed by atoms with E-state index in [1.165, 1.54) is 7.11 Å². The van der Waals surface area contributed by atoms with Crippen molar-refractivity contribution in [2.24, 2.45) is 10.7 Å². The van der Waals surface area contributed by atoms with Crippen LogP contribution in [0.3, 0.4) is 0 Å². The molecule has 7 nitrogen and oxygen atoms in total. The summed E-state index contributed by atoms with van der Waals surface area (Å²) in [6, 6.07) is 7.81. The van der Waals surface area contributed by atoms with Crippen molar-refractivity contribution < 1.29 is 19.1 Å². The number of nitrogens with two attached hydrogens (primary N) is 1. The molecule has 1 aromatic rings. The van der Waals surface area contributed by atoms with Gasteiger partial charge in [-0.1, -0.05) is 30.3 Å². The highest BCUT2D eigenvalue weighted by molar-refractivity contribution is 6.02. The van der Waals surface area contributed by atoms with Crippen LogP contribution in [0.15, 0.2) is 35.3 Å². The van der Waals surface area contributed by atoms with Crippen molar-refractivity contribution in [1.29, 1.82) is 0 Å². The molecule has 0 fully saturated rings. The summed E-state index contributed by atoms with van der Waals surface area (Å²) in [5, 5.41) is 3.08. The molecule has 1 aliphatic heterocycles. The number of hydrogen-bond acceptors (Lipinski definition) is 7. The van der Waals surface area contributed by atoms with E-state index in [1.807, 2.05) is 6.07 Å². The molecule has 0 saturated heterocycles. The fourth-order valence-corrected chi connectivity index (χ4v) is 2.80. The lowest BCUT2D eigenvalue weighted by molar-refractivity contribution is -0.164. The maximum Gasteiger partial charge on any atom is 0.339 e. The average molecular weight is 347 g/mol. The quantitative estimate of drug-likeness (QED) is 0.774. The number of hydrogen-bond donors (Lipinski definition) is 2. The van der Waals surface area contributed by atoms with Crippen molar-refractivity contribution in [1.82, 2.24) is 5.32 Å². The molecule has 2 rings (SSSR count). The van der Waals surface area contributed by atoms with Crippen molar-refractivity contribution in [3.63, 3.8) is 0 Å². The molecule has 0 aromatic heterocycles. The third-order valence-corrected chi connectivity index (χ3v) is 3.78. The lowest BCUT2D eigenvalue weighted by Gasteiger charge is -2.33. The van der Waals surface area contributed by atoms with Crippen molar-refractivity contribution in [3.05, 3.63) is 35.9 Å². The molecular formula is C18H25N3O4. The molecule has 1 aliphatic rings. The van der Waals surface area contributed by atoms with Crippen LogP contribution in [0, 0.1) is 0 Å². The number of carbonyl (C=O) groups excluding carboxylic acids is 2. The number of rotatable bonds is 5. The van der Waals surface area contributed by atoms with Crippen LogP contribution in [0.2, 0.25) is 0 Å². The largest absolute Gasteiger partial charge is 0.467 e. The first-order chi connectivity index (χ1) is 11.7. The number of esters is 2. The molecule has 0 spiro atoms. The summed E-state index contributed by atoms with van der Waals surface area (Å²) in [6.45, 7) is 5.62. The first kappa shape index (κ1) is 18.9. The van der Waals surface area contributed by atoms with Crippen LogP contribution in [0.25, 0.3) is 0 Å². The van der Waals surface area contributed by atoms with Crippen molar-refractivity contribution >= 4 is 17.8 Å². The second kappa shape index (κ2) is 7.23. The number of methoxy groups -OCH3 is 1. The molecule has 0 radical (unpaired) electrons. The zero-order valence-electron chi connectivity index (χ0n) is 15.0. The van der Waals surface area contributed by atoms with Crippen LogP contribution in [0.4, 0.5) is 0 Å². The molecule has 25 heavy (non-hydrogen) atoms. The van der Waals surface area contributed by atoms with Crippen molar-refractivity contribution in [2.45, 2.75) is 44.4 Å². The lowest BCUT2D eigenvalue weighted by Crippen LogP contribution is -2.57. The van der Waals surface area contributed by atoms with Gasteiger partial charge in [-0.05, 0) is 32.9 Å². The molecule has 7 heteroatoms. The van der Waals surface area contributed by atoms with E-state index >= 15 is 0 Å². The minimum atomic E-state index is -1.47. The SMILES string of the molecule is COC(=O)C1(c2ccccc2)NC(CCN)=NC1C(=O)OC(C)(C)C. The van der Waals surface area contributed by atoms with E-state index in [0.717, 1.165) is 0 Å². The van der Waals surface area contributed by atoms with Crippen LogP contribution in [-0.4, -0.2) is 43.1 Å². The summed E-state index contributed by atoms with van der Waals surface area (Å²) >= 11 is 0. The topological polar surface area (TPSA) is 103 Å². The van der Waals surface area contributed by atoms with Crippen LogP contribution < -0.4 is 11.1 Å². The van der Waals surface area contributed by atoms with E-state index < -0.39 is 29.1 Å². The predicted octanol–water partition coefficient (Wildman–Crippen LogP) is 1.12. The van der Waals surface area contributed by atoms with Gasteiger partial charge in [0.25, 0.3) is 0 Å². The lowest BCUT2D eigenvalue weighted by atomic mass is 9.83. The number of ether oxygens (including phenoxy) is 2. The van der Waals surface area contributed by atoms with Gasteiger partial charge in [-0.15, -0.1) is 0 Å². The number of benzene rings is 1. The molecule has 0 aliphatic carbocycles. The van der Waals surface area contributed by atoms with Crippen LogP contribution in [-0.2, 0) is 24.6 Å². The fraction of sp³-hybridized carbons (Fsp3) is 0.500. The first-order valence-electron chi connectivity index (χ1n) is 8.16. The van der Waals surface area contributed by atoms with Gasteiger partial charge >= 0.3 is 11.9 Å². The second-order valence-electron chi connectivity index (χ2n) is 6.84. The summed E-state index contributed by atoms with van der Waals surface area (Å²) in [4.78, 5) is 30.0. The number of nitrogens with one attached hydrogen (secondary N) is 1. The minimum absolute atomic E-state index is 0.332. The molecule has 0 saturated carbocycles. The molecule has 0 amide bonds. The number of nitrogens with zero attached hydrogens (tertiary/aromatic N) is 1. The van der Waals surface area contributed by atoms with Crippen LogP contribution in [0.1, 0.15) is 32.8 Å². The third-order valence-electron chi connectivity index (χ3n) is 3.78. The monoisotopic (exact) mass is 347 g/mol. The van der Waals surface area contributed by atoms with E-state index in [9.17, 15) is 9.59 Å². The Balaban J connectivity index is 2.54. The molecule has 2 atom stereocenters. The van der Waals surface area contributed by atoms with Crippen molar-refractivity contribution in [2.75, 3.05) is 13.7 Å². The van der Waals surface area contributed by atoms with E-state index in [2.05, 4.69) is 10.3 Å². The van der Waals surface area contributed by atoms with Gasteiger partial charge in [0.2, 0.25) is 0 Å². The average Bonchev–Trinajstić information content (AvgIpc) is 2.94. The highest BCUT2D eigenvalue weighted by Crippen LogP contribution is 2.34. The zero-order chi connectivity index (χ0) is 18.7. The number of aliphatic imine (C=N–C) groups is 1. The van der Waals surface area contributed by atoms with Crippen molar-refractivity contribution in [3.8, 4) is 0 Å². The summed E-state index contributed by atoms with van der Waals surface area (Å²) in [5.41, 5.74) is 4.02. The van der Waals surface area contributed by atoms with E-state index in [1.54, 1.807) is 45.0 Å². The second-order valence-corrected chi connectivity index (χ2v) is 6.84. The Morgan fingerprint density at radius 3 is 2.44 bits per heavy atom. The van der Waals surface area contributed by atoms with Gasteiger partial charge < -0.3 is 20.5 Å². The Kier molecular flexibility index (Phi) is 5.47. The maximum absolute atomic E-state index is 12.8. The number of amidine groups is 1. The van der Waals surface area contributed by atoms with E-state index in [4.69, 9.17) is 15.2 Å². The smallest absolute Gasteiger partial charge is 0.339 e. The number of carbonyl (C=O) groups is 2. The Morgan fingerprint density at radius 1 is 1.28 bits per heavy atom. The maximum atomic E-state index is 12.8. The predicted molar refractivity (Wildman–Crippen MR) is 94.0 cm³/mol. The van der Waals surface area contributed by atoms with E-state index in [-0.39, 0.29) is 0 Å². The summed E-state index contributed by atoms with van der Waals surface area (Å²) in [6.07, 6.45) is 0.408. The van der Waals surface area contributed by atoms with Gasteiger partial charge in [0.05, 0.1) is 12.9 Å².